The first-order valence-corrected chi connectivity index (χ1v) is 13.6. The van der Waals surface area contributed by atoms with Crippen LogP contribution in [0.15, 0.2) is 79.7 Å². The number of carbonyl (C=O) groups is 1. The zero-order valence-corrected chi connectivity index (χ0v) is 23.1. The molecule has 40 heavy (non-hydrogen) atoms. The van der Waals surface area contributed by atoms with Gasteiger partial charge in [0, 0.05) is 27.5 Å². The highest BCUT2D eigenvalue weighted by Gasteiger charge is 2.21. The summed E-state index contributed by atoms with van der Waals surface area (Å²) in [5.74, 6) is 1.97. The first-order chi connectivity index (χ1) is 19.3. The molecular weight excluding hydrogens is 530 g/mol. The van der Waals surface area contributed by atoms with E-state index in [-0.39, 0.29) is 16.6 Å². The van der Waals surface area contributed by atoms with E-state index >= 15 is 0 Å². The molecule has 0 saturated heterocycles. The molecule has 10 heteroatoms. The van der Waals surface area contributed by atoms with Gasteiger partial charge in [-0.25, -0.2) is 9.78 Å². The van der Waals surface area contributed by atoms with Crippen molar-refractivity contribution >= 4 is 45.8 Å². The number of nitrogens with one attached hydrogen (secondary N) is 2. The van der Waals surface area contributed by atoms with E-state index in [1.807, 2.05) is 36.4 Å². The van der Waals surface area contributed by atoms with E-state index in [0.29, 0.717) is 47.6 Å². The van der Waals surface area contributed by atoms with Gasteiger partial charge in [-0.15, -0.1) is 0 Å². The van der Waals surface area contributed by atoms with Gasteiger partial charge in [-0.2, -0.15) is 0 Å². The maximum Gasteiger partial charge on any atom is 0.413 e. The van der Waals surface area contributed by atoms with Gasteiger partial charge in [-0.05, 0) is 56.0 Å². The normalized spacial score (nSPS) is 14.4. The van der Waals surface area contributed by atoms with Crippen molar-refractivity contribution in [1.29, 1.82) is 0 Å². The lowest BCUT2D eigenvalue weighted by Gasteiger charge is -2.11. The molecule has 6 rings (SSSR count). The Morgan fingerprint density at radius 2 is 1.95 bits per heavy atom. The van der Waals surface area contributed by atoms with Crippen LogP contribution < -0.4 is 15.5 Å². The third kappa shape index (κ3) is 6.07. The van der Waals surface area contributed by atoms with Gasteiger partial charge in [0.2, 0.25) is 5.95 Å². The molecule has 0 aliphatic carbocycles. The summed E-state index contributed by atoms with van der Waals surface area (Å²) in [6.45, 7) is 4.44. The van der Waals surface area contributed by atoms with Gasteiger partial charge in [0.25, 0.3) is 0 Å². The summed E-state index contributed by atoms with van der Waals surface area (Å²) in [4.78, 5) is 32.8. The molecule has 1 atom stereocenters. The summed E-state index contributed by atoms with van der Waals surface area (Å²) in [5.41, 5.74) is 2.54. The van der Waals surface area contributed by atoms with E-state index in [1.54, 1.807) is 24.8 Å². The maximum absolute atomic E-state index is 12.0. The number of ether oxygens (including phenoxy) is 2. The molecule has 0 saturated carbocycles. The Labute approximate surface area is 234 Å². The zero-order chi connectivity index (χ0) is 28.2. The summed E-state index contributed by atoms with van der Waals surface area (Å²) < 4.78 is 15.8. The lowest BCUT2D eigenvalue weighted by atomic mass is 10.00. The molecule has 2 aromatic heterocycles. The minimum Gasteiger partial charge on any atom is -0.507 e. The van der Waals surface area contributed by atoms with Crippen LogP contribution in [-0.2, 0) is 11.2 Å². The number of nitrogens with zero attached hydrogens (tertiary/aromatic N) is 1. The second-order valence-corrected chi connectivity index (χ2v) is 10.7. The number of amides is 1. The van der Waals surface area contributed by atoms with Gasteiger partial charge >= 0.3 is 6.09 Å². The first-order valence-electron chi connectivity index (χ1n) is 12.8. The average Bonchev–Trinajstić information content (AvgIpc) is 3.23. The Morgan fingerprint density at radius 3 is 2.73 bits per heavy atom. The summed E-state index contributed by atoms with van der Waals surface area (Å²) >= 11 is 1.67. The molecule has 0 radical (unpaired) electrons. The molecule has 9 nitrogen and oxygen atoms in total. The summed E-state index contributed by atoms with van der Waals surface area (Å²) in [7, 11) is 1.31. The fourth-order valence-corrected chi connectivity index (χ4v) is 5.28. The van der Waals surface area contributed by atoms with E-state index in [9.17, 15) is 14.7 Å². The number of anilines is 1. The Morgan fingerprint density at radius 1 is 1.15 bits per heavy atom. The second-order valence-electron chi connectivity index (χ2n) is 9.55. The van der Waals surface area contributed by atoms with Crippen LogP contribution in [0.1, 0.15) is 24.7 Å². The molecule has 3 aromatic carbocycles. The second kappa shape index (κ2) is 11.7. The summed E-state index contributed by atoms with van der Waals surface area (Å²) in [6.07, 6.45) is 1.10. The van der Waals surface area contributed by atoms with Crippen LogP contribution in [0.5, 0.6) is 11.5 Å². The number of aromatic hydroxyl groups is 1. The topological polar surface area (TPSA) is 127 Å². The van der Waals surface area contributed by atoms with E-state index in [0.717, 1.165) is 22.3 Å². The third-order valence-electron chi connectivity index (χ3n) is 6.43. The number of H-pyrrole nitrogens is 1. The van der Waals surface area contributed by atoms with Crippen LogP contribution in [0.4, 0.5) is 10.7 Å². The molecule has 1 amide bonds. The number of rotatable bonds is 3. The molecule has 206 valence electrons. The zero-order valence-electron chi connectivity index (χ0n) is 22.3. The van der Waals surface area contributed by atoms with Crippen LogP contribution in [0, 0.1) is 12.8 Å². The van der Waals surface area contributed by atoms with Crippen LogP contribution >= 0.6 is 11.8 Å². The highest BCUT2D eigenvalue weighted by atomic mass is 32.2. The van der Waals surface area contributed by atoms with Crippen molar-refractivity contribution in [2.45, 2.75) is 36.5 Å². The Hall–Kier alpha value is -4.44. The van der Waals surface area contributed by atoms with Gasteiger partial charge in [0.05, 0.1) is 24.8 Å². The van der Waals surface area contributed by atoms with E-state index in [1.165, 1.54) is 18.1 Å². The SMILES string of the molecule is COC(=O)Nc1nc2ccc(Sc3ccccc3)cc2[nH]1.Cc1cc(=O)c2c(O)c3c(cc2o1)OCC(C)CC3. The minimum atomic E-state index is -0.548. The standard InChI is InChI=1S/C15H13N3O2S.C15H16O4/c1-20-15(19)18-14-16-12-8-7-11(9-13(12)17-14)21-10-5-3-2-4-6-10;1-8-3-4-10-12(18-7-8)6-13-14(15(10)17)11(16)5-9(2)19-13/h2-9H,1H3,(H2,16,17,18,19);5-6,8,17H,3-4,7H2,1-2H3. The third-order valence-corrected chi connectivity index (χ3v) is 7.43. The van der Waals surface area contributed by atoms with Gasteiger partial charge in [-0.3, -0.25) is 10.1 Å². The summed E-state index contributed by atoms with van der Waals surface area (Å²) in [6, 6.07) is 19.2. The number of fused-ring (bicyclic) bond motifs is 3. The number of phenols is 1. The van der Waals surface area contributed by atoms with E-state index < -0.39 is 6.09 Å². The van der Waals surface area contributed by atoms with Crippen LogP contribution in [0.25, 0.3) is 22.0 Å². The lowest BCUT2D eigenvalue weighted by molar-refractivity contribution is 0.186. The van der Waals surface area contributed by atoms with Gasteiger partial charge in [-0.1, -0.05) is 36.9 Å². The van der Waals surface area contributed by atoms with Crippen molar-refractivity contribution in [1.82, 2.24) is 9.97 Å². The molecule has 0 spiro atoms. The average molecular weight is 560 g/mol. The number of imidazole rings is 1. The van der Waals surface area contributed by atoms with Crippen molar-refractivity contribution in [2.75, 3.05) is 19.0 Å². The van der Waals surface area contributed by atoms with Crippen molar-refractivity contribution < 1.29 is 23.8 Å². The van der Waals surface area contributed by atoms with Gasteiger partial charge < -0.3 is 24.0 Å². The molecular formula is C30H29N3O6S. The van der Waals surface area contributed by atoms with Gasteiger partial charge in [0.1, 0.15) is 28.2 Å². The number of phenolic OH excluding ortho intramolecular Hbond substituents is 1. The number of aryl methyl sites for hydroxylation is 1. The number of carbonyl (C=O) groups excluding carboxylic acids is 1. The largest absolute Gasteiger partial charge is 0.507 e. The number of benzene rings is 3. The number of hydrogen-bond acceptors (Lipinski definition) is 8. The molecule has 3 heterocycles. The van der Waals surface area contributed by atoms with Crippen molar-refractivity contribution in [3.8, 4) is 11.5 Å². The highest BCUT2D eigenvalue weighted by molar-refractivity contribution is 7.99. The fraction of sp³-hybridized carbons (Fsp3) is 0.233. The fourth-order valence-electron chi connectivity index (χ4n) is 4.40. The Balaban J connectivity index is 0.000000162. The van der Waals surface area contributed by atoms with Gasteiger partial charge in [0.15, 0.2) is 5.43 Å². The summed E-state index contributed by atoms with van der Waals surface area (Å²) in [5, 5.41) is 13.1. The van der Waals surface area contributed by atoms with Crippen molar-refractivity contribution in [2.24, 2.45) is 5.92 Å². The van der Waals surface area contributed by atoms with E-state index in [2.05, 4.69) is 39.1 Å². The maximum atomic E-state index is 12.0. The monoisotopic (exact) mass is 559 g/mol. The first kappa shape index (κ1) is 27.1. The highest BCUT2D eigenvalue weighted by Crippen LogP contribution is 2.38. The molecule has 0 bridgehead atoms. The predicted octanol–water partition coefficient (Wildman–Crippen LogP) is 6.66. The number of methoxy groups -OCH3 is 1. The number of aromatic nitrogens is 2. The quantitative estimate of drug-likeness (QED) is 0.224. The molecule has 1 aliphatic rings. The van der Waals surface area contributed by atoms with Crippen molar-refractivity contribution in [3.05, 3.63) is 82.2 Å². The molecule has 5 aromatic rings. The smallest absolute Gasteiger partial charge is 0.413 e. The van der Waals surface area contributed by atoms with E-state index in [4.69, 9.17) is 9.15 Å². The van der Waals surface area contributed by atoms with Crippen molar-refractivity contribution in [3.63, 3.8) is 0 Å². The van der Waals surface area contributed by atoms with Crippen LogP contribution in [0.2, 0.25) is 0 Å². The van der Waals surface area contributed by atoms with Crippen LogP contribution in [0.3, 0.4) is 0 Å². The van der Waals surface area contributed by atoms with Crippen LogP contribution in [-0.4, -0.2) is 34.9 Å². The molecule has 3 N–H and O–H groups in total. The number of hydrogen-bond donors (Lipinski definition) is 3. The minimum absolute atomic E-state index is 0.00958. The Bertz CT molecular complexity index is 1730. The number of aromatic amines is 1. The predicted molar refractivity (Wildman–Crippen MR) is 155 cm³/mol. The Kier molecular flexibility index (Phi) is 7.97. The molecule has 1 unspecified atom stereocenters. The molecule has 1 aliphatic heterocycles. The molecule has 0 fully saturated rings. The lowest BCUT2D eigenvalue weighted by Crippen LogP contribution is -2.11.